The molecule has 0 spiro atoms. The van der Waals surface area contributed by atoms with Crippen LogP contribution < -0.4 is 5.73 Å². The fourth-order valence-corrected chi connectivity index (χ4v) is 1.38. The molecule has 0 radical (unpaired) electrons. The van der Waals surface area contributed by atoms with Crippen LogP contribution in [0.15, 0.2) is 12.1 Å². The van der Waals surface area contributed by atoms with Crippen LogP contribution in [0.4, 0.5) is 0 Å². The molecule has 0 atom stereocenters. The molecular formula is C8H18BN. The van der Waals surface area contributed by atoms with Crippen LogP contribution in [0.25, 0.3) is 0 Å². The van der Waals surface area contributed by atoms with Gasteiger partial charge >= 0.3 is 0 Å². The molecule has 0 rings (SSSR count). The summed E-state index contributed by atoms with van der Waals surface area (Å²) >= 11 is 0. The molecule has 0 aromatic heterocycles. The maximum Gasteiger partial charge on any atom is 0.173 e. The van der Waals surface area contributed by atoms with E-state index >= 15 is 0 Å². The highest BCUT2D eigenvalue weighted by atomic mass is 14.5. The number of hydrogen-bond donors (Lipinski definition) is 1. The van der Waals surface area contributed by atoms with Crippen LogP contribution in [0.5, 0.6) is 0 Å². The van der Waals surface area contributed by atoms with Gasteiger partial charge in [0.25, 0.3) is 0 Å². The van der Waals surface area contributed by atoms with Gasteiger partial charge in [-0.1, -0.05) is 38.4 Å². The molecular weight excluding hydrogens is 121 g/mol. The zero-order valence-electron chi connectivity index (χ0n) is 7.35. The van der Waals surface area contributed by atoms with Gasteiger partial charge in [0, 0.05) is 6.54 Å². The molecule has 10 heavy (non-hydrogen) atoms. The van der Waals surface area contributed by atoms with Crippen molar-refractivity contribution < 1.29 is 0 Å². The summed E-state index contributed by atoms with van der Waals surface area (Å²) in [5.41, 5.74) is 6.68. The van der Waals surface area contributed by atoms with Crippen molar-refractivity contribution in [1.29, 1.82) is 0 Å². The minimum Gasteiger partial charge on any atom is -0.328 e. The second kappa shape index (κ2) is 4.56. The van der Waals surface area contributed by atoms with Crippen molar-refractivity contribution >= 4 is 6.71 Å². The van der Waals surface area contributed by atoms with Gasteiger partial charge in [0.15, 0.2) is 6.71 Å². The molecule has 0 aromatic rings. The van der Waals surface area contributed by atoms with Crippen molar-refractivity contribution in [3.63, 3.8) is 0 Å². The maximum absolute atomic E-state index is 5.49. The Morgan fingerprint density at radius 3 is 2.20 bits per heavy atom. The smallest absolute Gasteiger partial charge is 0.173 e. The third-order valence-electron chi connectivity index (χ3n) is 2.03. The standard InChI is InChI=1S/C8H18BN/c1-5-9(7(2)3)8(4)6-10/h7H,4-6,10H2,1-3H3. The SMILES string of the molecule is C=C(CN)B(CC)C(C)C. The molecule has 0 heterocycles. The third-order valence-corrected chi connectivity index (χ3v) is 2.03. The van der Waals surface area contributed by atoms with Crippen molar-refractivity contribution in [1.82, 2.24) is 0 Å². The highest BCUT2D eigenvalue weighted by Gasteiger charge is 2.17. The summed E-state index contributed by atoms with van der Waals surface area (Å²) in [6.07, 6.45) is 1.16. The van der Waals surface area contributed by atoms with E-state index in [9.17, 15) is 0 Å². The molecule has 58 valence electrons. The van der Waals surface area contributed by atoms with E-state index in [1.54, 1.807) is 0 Å². The molecule has 0 bridgehead atoms. The maximum atomic E-state index is 5.49. The first kappa shape index (κ1) is 9.76. The van der Waals surface area contributed by atoms with E-state index in [2.05, 4.69) is 27.4 Å². The second-order valence-electron chi connectivity index (χ2n) is 3.12. The van der Waals surface area contributed by atoms with E-state index < -0.39 is 0 Å². The van der Waals surface area contributed by atoms with Crippen LogP contribution >= 0.6 is 0 Å². The summed E-state index contributed by atoms with van der Waals surface area (Å²) in [5.74, 6) is 0.682. The lowest BCUT2D eigenvalue weighted by atomic mass is 9.36. The van der Waals surface area contributed by atoms with Crippen molar-refractivity contribution in [2.24, 2.45) is 5.73 Å². The molecule has 0 unspecified atom stereocenters. The molecule has 0 aromatic carbocycles. The molecule has 0 saturated heterocycles. The van der Waals surface area contributed by atoms with Crippen molar-refractivity contribution in [3.8, 4) is 0 Å². The monoisotopic (exact) mass is 139 g/mol. The Hall–Kier alpha value is -0.235. The van der Waals surface area contributed by atoms with Gasteiger partial charge in [0.1, 0.15) is 0 Å². The van der Waals surface area contributed by atoms with Crippen LogP contribution in [0, 0.1) is 0 Å². The average Bonchev–Trinajstić information content (AvgIpc) is 1.88. The van der Waals surface area contributed by atoms with Gasteiger partial charge in [-0.15, -0.1) is 6.58 Å². The molecule has 0 aliphatic carbocycles. The quantitative estimate of drug-likeness (QED) is 0.592. The molecule has 2 N–H and O–H groups in total. The summed E-state index contributed by atoms with van der Waals surface area (Å²) < 4.78 is 0. The van der Waals surface area contributed by atoms with E-state index in [0.29, 0.717) is 19.1 Å². The van der Waals surface area contributed by atoms with Gasteiger partial charge < -0.3 is 5.73 Å². The fourth-order valence-electron chi connectivity index (χ4n) is 1.38. The Labute approximate surface area is 64.8 Å². The minimum absolute atomic E-state index is 0.616. The van der Waals surface area contributed by atoms with E-state index in [1.807, 2.05) is 0 Å². The van der Waals surface area contributed by atoms with Gasteiger partial charge in [0.05, 0.1) is 0 Å². The fraction of sp³-hybridized carbons (Fsp3) is 0.750. The predicted molar refractivity (Wildman–Crippen MR) is 49.5 cm³/mol. The van der Waals surface area contributed by atoms with Crippen LogP contribution in [0.1, 0.15) is 20.8 Å². The van der Waals surface area contributed by atoms with E-state index in [4.69, 9.17) is 5.73 Å². The average molecular weight is 139 g/mol. The first-order chi connectivity index (χ1) is 4.63. The first-order valence-electron chi connectivity index (χ1n) is 4.01. The molecule has 0 saturated carbocycles. The topological polar surface area (TPSA) is 26.0 Å². The molecule has 0 aliphatic rings. The predicted octanol–water partition coefficient (Wildman–Crippen LogP) is 1.97. The number of nitrogens with two attached hydrogens (primary N) is 1. The van der Waals surface area contributed by atoms with Crippen LogP contribution in [0.2, 0.25) is 12.1 Å². The molecule has 0 aliphatic heterocycles. The Morgan fingerprint density at radius 1 is 1.60 bits per heavy atom. The van der Waals surface area contributed by atoms with E-state index in [1.165, 1.54) is 5.47 Å². The van der Waals surface area contributed by atoms with Crippen LogP contribution in [-0.4, -0.2) is 13.3 Å². The van der Waals surface area contributed by atoms with Gasteiger partial charge in [0.2, 0.25) is 0 Å². The zero-order chi connectivity index (χ0) is 8.15. The molecule has 0 fully saturated rings. The number of hydrogen-bond acceptors (Lipinski definition) is 1. The van der Waals surface area contributed by atoms with Gasteiger partial charge in [-0.2, -0.15) is 0 Å². The third kappa shape index (κ3) is 2.57. The molecule has 2 heteroatoms. The van der Waals surface area contributed by atoms with E-state index in [0.717, 1.165) is 6.32 Å². The Morgan fingerprint density at radius 2 is 2.10 bits per heavy atom. The van der Waals surface area contributed by atoms with E-state index in [-0.39, 0.29) is 0 Å². The summed E-state index contributed by atoms with van der Waals surface area (Å²) in [4.78, 5) is 0. The minimum atomic E-state index is 0.616. The lowest BCUT2D eigenvalue weighted by Crippen LogP contribution is -2.23. The lowest BCUT2D eigenvalue weighted by molar-refractivity contribution is 1.01. The summed E-state index contributed by atoms with van der Waals surface area (Å²) in [5, 5.41) is 0. The normalized spacial score (nSPS) is 10.1. The van der Waals surface area contributed by atoms with Gasteiger partial charge in [-0.25, -0.2) is 0 Å². The Balaban J connectivity index is 3.93. The summed E-state index contributed by atoms with van der Waals surface area (Å²) in [7, 11) is 0. The van der Waals surface area contributed by atoms with Crippen LogP contribution in [-0.2, 0) is 0 Å². The Bertz CT molecular complexity index is 110. The first-order valence-corrected chi connectivity index (χ1v) is 4.01. The zero-order valence-corrected chi connectivity index (χ0v) is 7.35. The van der Waals surface area contributed by atoms with Crippen molar-refractivity contribution in [3.05, 3.63) is 12.1 Å². The summed E-state index contributed by atoms with van der Waals surface area (Å²) in [6, 6.07) is 0. The van der Waals surface area contributed by atoms with Crippen LogP contribution in [0.3, 0.4) is 0 Å². The van der Waals surface area contributed by atoms with Gasteiger partial charge in [-0.3, -0.25) is 0 Å². The Kier molecular flexibility index (Phi) is 4.45. The lowest BCUT2D eigenvalue weighted by Gasteiger charge is -2.16. The van der Waals surface area contributed by atoms with Crippen molar-refractivity contribution in [2.45, 2.75) is 32.9 Å². The second-order valence-corrected chi connectivity index (χ2v) is 3.12. The highest BCUT2D eigenvalue weighted by molar-refractivity contribution is 6.67. The number of rotatable bonds is 4. The molecule has 1 nitrogen and oxygen atoms in total. The highest BCUT2D eigenvalue weighted by Crippen LogP contribution is 2.16. The molecule has 0 amide bonds. The largest absolute Gasteiger partial charge is 0.328 e. The summed E-state index contributed by atoms with van der Waals surface area (Å²) in [6.45, 7) is 11.8. The van der Waals surface area contributed by atoms with Gasteiger partial charge in [-0.05, 0) is 0 Å². The van der Waals surface area contributed by atoms with Crippen molar-refractivity contribution in [2.75, 3.05) is 6.54 Å².